The van der Waals surface area contributed by atoms with Gasteiger partial charge >= 0.3 is 0 Å². The molecule has 1 fully saturated rings. The van der Waals surface area contributed by atoms with Crippen LogP contribution in [0, 0.1) is 5.82 Å². The zero-order valence-electron chi connectivity index (χ0n) is 16.3. The maximum Gasteiger partial charge on any atom is 0.203 e. The summed E-state index contributed by atoms with van der Waals surface area (Å²) in [5.41, 5.74) is 1.97. The molecule has 5 nitrogen and oxygen atoms in total. The van der Waals surface area contributed by atoms with E-state index in [0.29, 0.717) is 17.2 Å². The van der Waals surface area contributed by atoms with Crippen molar-refractivity contribution in [1.29, 1.82) is 0 Å². The van der Waals surface area contributed by atoms with Gasteiger partial charge in [0.15, 0.2) is 11.5 Å². The molecule has 2 N–H and O–H groups in total. The lowest BCUT2D eigenvalue weighted by Gasteiger charge is -2.30. The van der Waals surface area contributed by atoms with Gasteiger partial charge in [0, 0.05) is 11.1 Å². The Bertz CT molecular complexity index is 736. The molecule has 2 aromatic rings. The lowest BCUT2D eigenvalue weighted by molar-refractivity contribution is -1.02. The van der Waals surface area contributed by atoms with Crippen LogP contribution in [0.25, 0.3) is 0 Å². The van der Waals surface area contributed by atoms with Crippen LogP contribution in [0.4, 0.5) is 4.39 Å². The highest BCUT2D eigenvalue weighted by atomic mass is 19.1. The third kappa shape index (κ3) is 4.70. The van der Waals surface area contributed by atoms with Gasteiger partial charge < -0.3 is 24.0 Å². The van der Waals surface area contributed by atoms with E-state index in [2.05, 4.69) is 0 Å². The first-order valence-electron chi connectivity index (χ1n) is 9.34. The normalized spacial score (nSPS) is 19.6. The molecule has 0 aliphatic carbocycles. The second-order valence-electron chi connectivity index (χ2n) is 6.98. The van der Waals surface area contributed by atoms with Gasteiger partial charge in [0.2, 0.25) is 5.75 Å². The number of rotatable bonds is 7. The average molecular weight is 376 g/mol. The molecular formula is C21H29FN2O3+2. The first kappa shape index (κ1) is 19.5. The number of methoxy groups -OCH3 is 3. The summed E-state index contributed by atoms with van der Waals surface area (Å²) >= 11 is 0. The van der Waals surface area contributed by atoms with Crippen molar-refractivity contribution in [2.45, 2.75) is 13.1 Å². The predicted octanol–water partition coefficient (Wildman–Crippen LogP) is 0.335. The van der Waals surface area contributed by atoms with Crippen molar-refractivity contribution in [2.24, 2.45) is 0 Å². The Labute approximate surface area is 160 Å². The molecule has 0 bridgehead atoms. The smallest absolute Gasteiger partial charge is 0.203 e. The molecule has 1 aliphatic heterocycles. The minimum Gasteiger partial charge on any atom is -0.493 e. The van der Waals surface area contributed by atoms with E-state index in [1.165, 1.54) is 9.80 Å². The molecule has 0 amide bonds. The largest absolute Gasteiger partial charge is 0.493 e. The molecule has 6 heteroatoms. The molecular weight excluding hydrogens is 347 g/mol. The Kier molecular flexibility index (Phi) is 6.53. The fourth-order valence-electron chi connectivity index (χ4n) is 3.75. The van der Waals surface area contributed by atoms with Gasteiger partial charge in [0.25, 0.3) is 0 Å². The van der Waals surface area contributed by atoms with Crippen LogP contribution in [0.2, 0.25) is 0 Å². The van der Waals surface area contributed by atoms with Crippen LogP contribution in [-0.4, -0.2) is 47.5 Å². The predicted molar refractivity (Wildman–Crippen MR) is 101 cm³/mol. The zero-order valence-corrected chi connectivity index (χ0v) is 16.3. The highest BCUT2D eigenvalue weighted by Crippen LogP contribution is 2.37. The standard InChI is InChI=1S/C21H27FN2O3/c1-25-19-12-16(13-20(26-2)21(19)27-3)14-23-8-10-24(11-9-23)15-17-6-4-5-7-18(17)22/h4-7,12-13H,8-11,14-15H2,1-3H3/p+2. The van der Waals surface area contributed by atoms with Gasteiger partial charge in [-0.3, -0.25) is 0 Å². The van der Waals surface area contributed by atoms with Gasteiger partial charge in [0.05, 0.1) is 21.3 Å². The van der Waals surface area contributed by atoms with E-state index in [1.807, 2.05) is 24.3 Å². The minimum atomic E-state index is -0.0998. The number of benzene rings is 2. The molecule has 27 heavy (non-hydrogen) atoms. The molecule has 146 valence electrons. The Morgan fingerprint density at radius 2 is 1.37 bits per heavy atom. The van der Waals surface area contributed by atoms with Crippen LogP contribution in [0.15, 0.2) is 36.4 Å². The lowest BCUT2D eigenvalue weighted by Crippen LogP contribution is -3.27. The zero-order chi connectivity index (χ0) is 19.2. The second kappa shape index (κ2) is 9.06. The number of halogens is 1. The van der Waals surface area contributed by atoms with Crippen LogP contribution in [-0.2, 0) is 13.1 Å². The Hall–Kier alpha value is -2.31. The summed E-state index contributed by atoms with van der Waals surface area (Å²) in [5, 5.41) is 0. The molecule has 0 atom stereocenters. The molecule has 2 aromatic carbocycles. The van der Waals surface area contributed by atoms with E-state index >= 15 is 0 Å². The molecule has 3 rings (SSSR count). The van der Waals surface area contributed by atoms with Crippen molar-refractivity contribution in [2.75, 3.05) is 47.5 Å². The first-order chi connectivity index (χ1) is 13.1. The van der Waals surface area contributed by atoms with E-state index in [9.17, 15) is 4.39 Å². The van der Waals surface area contributed by atoms with E-state index in [-0.39, 0.29) is 5.82 Å². The number of hydrogen-bond acceptors (Lipinski definition) is 3. The van der Waals surface area contributed by atoms with E-state index in [1.54, 1.807) is 33.5 Å². The summed E-state index contributed by atoms with van der Waals surface area (Å²) in [4.78, 5) is 2.95. The first-order valence-corrected chi connectivity index (χ1v) is 9.34. The number of quaternary nitrogens is 2. The summed E-state index contributed by atoms with van der Waals surface area (Å²) in [7, 11) is 4.89. The summed E-state index contributed by atoms with van der Waals surface area (Å²) in [6.45, 7) is 5.84. The van der Waals surface area contributed by atoms with Gasteiger partial charge in [-0.2, -0.15) is 0 Å². The van der Waals surface area contributed by atoms with Crippen molar-refractivity contribution >= 4 is 0 Å². The third-order valence-electron chi connectivity index (χ3n) is 5.24. The molecule has 0 saturated carbocycles. The van der Waals surface area contributed by atoms with Crippen molar-refractivity contribution in [3.05, 3.63) is 53.3 Å². The lowest BCUT2D eigenvalue weighted by atomic mass is 10.1. The van der Waals surface area contributed by atoms with Gasteiger partial charge in [-0.05, 0) is 18.2 Å². The van der Waals surface area contributed by atoms with E-state index < -0.39 is 0 Å². The fraction of sp³-hybridized carbons (Fsp3) is 0.429. The van der Waals surface area contributed by atoms with Gasteiger partial charge in [-0.1, -0.05) is 18.2 Å². The topological polar surface area (TPSA) is 36.6 Å². The number of hydrogen-bond donors (Lipinski definition) is 2. The van der Waals surface area contributed by atoms with Gasteiger partial charge in [-0.25, -0.2) is 4.39 Å². The SMILES string of the molecule is COc1cc(C[NH+]2CC[NH+](Cc3ccccc3F)CC2)cc(OC)c1OC. The summed E-state index contributed by atoms with van der Waals surface area (Å²) in [6, 6.07) is 11.1. The maximum atomic E-state index is 13.9. The summed E-state index contributed by atoms with van der Waals surface area (Å²) in [6.07, 6.45) is 0. The average Bonchev–Trinajstić information content (AvgIpc) is 2.70. The highest BCUT2D eigenvalue weighted by Gasteiger charge is 2.25. The summed E-state index contributed by atoms with van der Waals surface area (Å²) in [5.74, 6) is 1.90. The van der Waals surface area contributed by atoms with Crippen molar-refractivity contribution < 1.29 is 28.4 Å². The molecule has 0 spiro atoms. The monoisotopic (exact) mass is 376 g/mol. The van der Waals surface area contributed by atoms with Crippen molar-refractivity contribution in [3.8, 4) is 17.2 Å². The molecule has 0 radical (unpaired) electrons. The van der Waals surface area contributed by atoms with Gasteiger partial charge in [0.1, 0.15) is 45.1 Å². The molecule has 0 unspecified atom stereocenters. The number of nitrogens with one attached hydrogen (secondary N) is 2. The van der Waals surface area contributed by atoms with Crippen LogP contribution in [0.3, 0.4) is 0 Å². The highest BCUT2D eigenvalue weighted by molar-refractivity contribution is 5.53. The Morgan fingerprint density at radius 3 is 1.89 bits per heavy atom. The maximum absolute atomic E-state index is 13.9. The number of ether oxygens (including phenoxy) is 3. The van der Waals surface area contributed by atoms with E-state index in [0.717, 1.165) is 50.4 Å². The van der Waals surface area contributed by atoms with Crippen LogP contribution >= 0.6 is 0 Å². The van der Waals surface area contributed by atoms with Gasteiger partial charge in [-0.15, -0.1) is 0 Å². The summed E-state index contributed by atoms with van der Waals surface area (Å²) < 4.78 is 30.2. The van der Waals surface area contributed by atoms with Crippen molar-refractivity contribution in [3.63, 3.8) is 0 Å². The van der Waals surface area contributed by atoms with Crippen LogP contribution < -0.4 is 24.0 Å². The molecule has 0 aromatic heterocycles. The quantitative estimate of drug-likeness (QED) is 0.732. The Morgan fingerprint density at radius 1 is 0.815 bits per heavy atom. The van der Waals surface area contributed by atoms with E-state index in [4.69, 9.17) is 14.2 Å². The molecule has 1 heterocycles. The fourth-order valence-corrected chi connectivity index (χ4v) is 3.75. The second-order valence-corrected chi connectivity index (χ2v) is 6.98. The molecule has 1 saturated heterocycles. The van der Waals surface area contributed by atoms with Crippen LogP contribution in [0.1, 0.15) is 11.1 Å². The van der Waals surface area contributed by atoms with Crippen LogP contribution in [0.5, 0.6) is 17.2 Å². The van der Waals surface area contributed by atoms with Crippen molar-refractivity contribution in [1.82, 2.24) is 0 Å². The third-order valence-corrected chi connectivity index (χ3v) is 5.24. The minimum absolute atomic E-state index is 0.0998. The number of piperazine rings is 1. The molecule has 1 aliphatic rings. The Balaban J connectivity index is 1.60.